The maximum atomic E-state index is 5.79. The third-order valence-corrected chi connectivity index (χ3v) is 3.32. The first-order valence-electron chi connectivity index (χ1n) is 5.42. The molecule has 5 heteroatoms. The summed E-state index contributed by atoms with van der Waals surface area (Å²) in [4.78, 5) is 0. The van der Waals surface area contributed by atoms with Crippen LogP contribution in [0.3, 0.4) is 0 Å². The number of halogens is 1. The molecule has 1 aromatic rings. The van der Waals surface area contributed by atoms with Crippen molar-refractivity contribution in [2.75, 3.05) is 13.7 Å². The molecule has 1 heterocycles. The zero-order valence-corrected chi connectivity index (χ0v) is 12.1. The van der Waals surface area contributed by atoms with Crippen LogP contribution in [0.2, 0.25) is 0 Å². The van der Waals surface area contributed by atoms with Gasteiger partial charge >= 0.3 is 0 Å². The minimum atomic E-state index is -0.278. The largest absolute Gasteiger partial charge is 0.374 e. The number of nitrogens with one attached hydrogen (secondary N) is 1. The van der Waals surface area contributed by atoms with Gasteiger partial charge in [-0.05, 0) is 43.7 Å². The Morgan fingerprint density at radius 1 is 1.62 bits per heavy atom. The van der Waals surface area contributed by atoms with Crippen LogP contribution in [-0.4, -0.2) is 29.0 Å². The lowest BCUT2D eigenvalue weighted by molar-refractivity contribution is -0.0394. The van der Waals surface area contributed by atoms with E-state index in [1.165, 1.54) is 0 Å². The molecule has 0 saturated heterocycles. The molecular formula is C11H20BrN3O. The van der Waals surface area contributed by atoms with Gasteiger partial charge in [0.2, 0.25) is 0 Å². The Morgan fingerprint density at radius 2 is 2.25 bits per heavy atom. The molecule has 0 aliphatic carbocycles. The number of rotatable bonds is 5. The van der Waals surface area contributed by atoms with Crippen molar-refractivity contribution in [2.24, 2.45) is 7.05 Å². The Kier molecular flexibility index (Phi) is 4.52. The predicted octanol–water partition coefficient (Wildman–Crippen LogP) is 2.26. The van der Waals surface area contributed by atoms with Crippen molar-refractivity contribution in [1.29, 1.82) is 0 Å². The molecule has 1 unspecified atom stereocenters. The van der Waals surface area contributed by atoms with E-state index in [0.717, 1.165) is 10.2 Å². The Labute approximate surface area is 105 Å². The van der Waals surface area contributed by atoms with E-state index in [9.17, 15) is 0 Å². The molecule has 1 N–H and O–H groups in total. The minimum Gasteiger partial charge on any atom is -0.374 e. The summed E-state index contributed by atoms with van der Waals surface area (Å²) < 4.78 is 8.66. The van der Waals surface area contributed by atoms with Crippen molar-refractivity contribution in [3.8, 4) is 0 Å². The van der Waals surface area contributed by atoms with Crippen molar-refractivity contribution in [3.05, 3.63) is 16.4 Å². The van der Waals surface area contributed by atoms with Gasteiger partial charge in [-0.1, -0.05) is 0 Å². The summed E-state index contributed by atoms with van der Waals surface area (Å²) in [6, 6.07) is 0.0920. The van der Waals surface area contributed by atoms with E-state index in [0.29, 0.717) is 6.61 Å². The summed E-state index contributed by atoms with van der Waals surface area (Å²) in [6.07, 6.45) is 1.81. The van der Waals surface area contributed by atoms with Gasteiger partial charge in [0.05, 0.1) is 28.0 Å². The van der Waals surface area contributed by atoms with E-state index in [2.05, 4.69) is 40.2 Å². The fraction of sp³-hybridized carbons (Fsp3) is 0.727. The van der Waals surface area contributed by atoms with Gasteiger partial charge in [-0.3, -0.25) is 4.68 Å². The molecule has 0 amide bonds. The molecular weight excluding hydrogens is 270 g/mol. The molecule has 0 aromatic carbocycles. The van der Waals surface area contributed by atoms with Gasteiger partial charge in [0.25, 0.3) is 0 Å². The maximum Gasteiger partial charge on any atom is 0.0835 e. The van der Waals surface area contributed by atoms with Crippen LogP contribution in [0.4, 0.5) is 0 Å². The topological polar surface area (TPSA) is 39.1 Å². The Hall–Kier alpha value is -0.390. The zero-order valence-electron chi connectivity index (χ0n) is 10.5. The van der Waals surface area contributed by atoms with Crippen LogP contribution in [0.1, 0.15) is 32.5 Å². The standard InChI is InChI=1S/C11H20BrN3O/c1-6-16-11(2,3)10(13-4)9-8(12)7-14-15(9)5/h7,10,13H,6H2,1-5H3. The number of nitrogens with zero attached hydrogens (tertiary/aromatic N) is 2. The molecule has 0 spiro atoms. The normalized spacial score (nSPS) is 14.1. The van der Waals surface area contributed by atoms with Gasteiger partial charge in [-0.15, -0.1) is 0 Å². The minimum absolute atomic E-state index is 0.0920. The number of likely N-dealkylation sites (N-methyl/N-ethyl adjacent to an activating group) is 1. The number of hydrogen-bond donors (Lipinski definition) is 1. The third kappa shape index (κ3) is 2.64. The van der Waals surface area contributed by atoms with E-state index in [1.54, 1.807) is 0 Å². The summed E-state index contributed by atoms with van der Waals surface area (Å²) in [5.74, 6) is 0. The van der Waals surface area contributed by atoms with E-state index in [-0.39, 0.29) is 11.6 Å². The quantitative estimate of drug-likeness (QED) is 0.904. The number of ether oxygens (including phenoxy) is 1. The van der Waals surface area contributed by atoms with Crippen LogP contribution >= 0.6 is 15.9 Å². The Bertz CT molecular complexity index is 329. The Morgan fingerprint density at radius 3 is 2.62 bits per heavy atom. The van der Waals surface area contributed by atoms with Gasteiger partial charge in [-0.25, -0.2) is 0 Å². The average molecular weight is 290 g/mol. The van der Waals surface area contributed by atoms with Crippen LogP contribution in [0, 0.1) is 0 Å². The van der Waals surface area contributed by atoms with Crippen LogP contribution in [0.15, 0.2) is 10.7 Å². The summed E-state index contributed by atoms with van der Waals surface area (Å²) in [5.41, 5.74) is 0.820. The third-order valence-electron chi connectivity index (χ3n) is 2.71. The highest BCUT2D eigenvalue weighted by Gasteiger charge is 2.33. The molecule has 0 bridgehead atoms. The SMILES string of the molecule is CCOC(C)(C)C(NC)c1c(Br)cnn1C. The molecule has 0 aliphatic heterocycles. The fourth-order valence-corrected chi connectivity index (χ4v) is 2.59. The monoisotopic (exact) mass is 289 g/mol. The fourth-order valence-electron chi connectivity index (χ4n) is 2.01. The van der Waals surface area contributed by atoms with Crippen molar-refractivity contribution in [1.82, 2.24) is 15.1 Å². The second-order valence-corrected chi connectivity index (χ2v) is 5.11. The van der Waals surface area contributed by atoms with Crippen LogP contribution < -0.4 is 5.32 Å². The average Bonchev–Trinajstić information content (AvgIpc) is 2.50. The van der Waals surface area contributed by atoms with Gasteiger partial charge in [0, 0.05) is 13.7 Å². The van der Waals surface area contributed by atoms with E-state index < -0.39 is 0 Å². The predicted molar refractivity (Wildman–Crippen MR) is 68.4 cm³/mol. The second-order valence-electron chi connectivity index (χ2n) is 4.26. The maximum absolute atomic E-state index is 5.79. The Balaban J connectivity index is 3.07. The van der Waals surface area contributed by atoms with E-state index >= 15 is 0 Å². The summed E-state index contributed by atoms with van der Waals surface area (Å²) in [7, 11) is 3.87. The molecule has 0 aliphatic rings. The van der Waals surface area contributed by atoms with Crippen molar-refractivity contribution in [3.63, 3.8) is 0 Å². The molecule has 4 nitrogen and oxygen atoms in total. The molecule has 1 rings (SSSR count). The second kappa shape index (κ2) is 5.29. The van der Waals surface area contributed by atoms with Crippen LogP contribution in [-0.2, 0) is 11.8 Å². The number of aromatic nitrogens is 2. The molecule has 92 valence electrons. The molecule has 1 atom stereocenters. The molecule has 1 aromatic heterocycles. The lowest BCUT2D eigenvalue weighted by Crippen LogP contribution is -2.41. The van der Waals surface area contributed by atoms with Gasteiger partial charge in [0.15, 0.2) is 0 Å². The van der Waals surface area contributed by atoms with Crippen LogP contribution in [0.25, 0.3) is 0 Å². The zero-order chi connectivity index (χ0) is 12.3. The van der Waals surface area contributed by atoms with Gasteiger partial charge in [0.1, 0.15) is 0 Å². The summed E-state index contributed by atoms with van der Waals surface area (Å²) in [6.45, 7) is 6.86. The first-order chi connectivity index (χ1) is 7.44. The highest BCUT2D eigenvalue weighted by atomic mass is 79.9. The molecule has 0 radical (unpaired) electrons. The lowest BCUT2D eigenvalue weighted by Gasteiger charge is -2.34. The smallest absolute Gasteiger partial charge is 0.0835 e. The summed E-state index contributed by atoms with van der Waals surface area (Å²) >= 11 is 3.52. The van der Waals surface area contributed by atoms with E-state index in [4.69, 9.17) is 4.74 Å². The molecule has 0 saturated carbocycles. The summed E-state index contributed by atoms with van der Waals surface area (Å²) in [5, 5.41) is 7.53. The highest BCUT2D eigenvalue weighted by molar-refractivity contribution is 9.10. The first kappa shape index (κ1) is 13.7. The lowest BCUT2D eigenvalue weighted by atomic mass is 9.95. The first-order valence-corrected chi connectivity index (χ1v) is 6.22. The van der Waals surface area contributed by atoms with Crippen molar-refractivity contribution < 1.29 is 4.74 Å². The van der Waals surface area contributed by atoms with Crippen molar-refractivity contribution in [2.45, 2.75) is 32.4 Å². The number of hydrogen-bond acceptors (Lipinski definition) is 3. The highest BCUT2D eigenvalue weighted by Crippen LogP contribution is 2.32. The number of aryl methyl sites for hydroxylation is 1. The van der Waals surface area contributed by atoms with E-state index in [1.807, 2.05) is 31.9 Å². The van der Waals surface area contributed by atoms with Crippen molar-refractivity contribution >= 4 is 15.9 Å². The van der Waals surface area contributed by atoms with Gasteiger partial charge < -0.3 is 10.1 Å². The van der Waals surface area contributed by atoms with Gasteiger partial charge in [-0.2, -0.15) is 5.10 Å². The molecule has 16 heavy (non-hydrogen) atoms. The molecule has 0 fully saturated rings. The van der Waals surface area contributed by atoms with Crippen LogP contribution in [0.5, 0.6) is 0 Å².